The Morgan fingerprint density at radius 1 is 1.20 bits per heavy atom. The third-order valence-corrected chi connectivity index (χ3v) is 3.95. The Balaban J connectivity index is 2.37. The van der Waals surface area contributed by atoms with Crippen molar-refractivity contribution in [2.45, 2.75) is 6.92 Å². The molecule has 0 aliphatic carbocycles. The number of nitro groups is 1. The number of hydrogen-bond acceptors (Lipinski definition) is 4. The molecule has 0 amide bonds. The monoisotopic (exact) mass is 357 g/mol. The lowest BCUT2D eigenvalue weighted by molar-refractivity contribution is -0.384. The first-order valence-electron chi connectivity index (χ1n) is 7.23. The maximum Gasteiger partial charge on any atom is 0.339 e. The summed E-state index contributed by atoms with van der Waals surface area (Å²) < 4.78 is 1.39. The summed E-state index contributed by atoms with van der Waals surface area (Å²) in [6.45, 7) is 1.55. The first-order chi connectivity index (χ1) is 11.9. The number of halogens is 1. The van der Waals surface area contributed by atoms with Gasteiger partial charge in [0.2, 0.25) is 0 Å². The molecule has 8 heteroatoms. The summed E-state index contributed by atoms with van der Waals surface area (Å²) in [6, 6.07) is 12.6. The summed E-state index contributed by atoms with van der Waals surface area (Å²) in [7, 11) is 0. The van der Waals surface area contributed by atoms with E-state index < -0.39 is 10.9 Å². The van der Waals surface area contributed by atoms with Gasteiger partial charge in [0.15, 0.2) is 0 Å². The normalized spacial score (nSPS) is 10.6. The van der Waals surface area contributed by atoms with Gasteiger partial charge >= 0.3 is 5.97 Å². The van der Waals surface area contributed by atoms with Gasteiger partial charge in [0.1, 0.15) is 5.56 Å². The van der Waals surface area contributed by atoms with Crippen LogP contribution in [0.2, 0.25) is 5.02 Å². The van der Waals surface area contributed by atoms with E-state index in [0.717, 1.165) is 0 Å². The van der Waals surface area contributed by atoms with Gasteiger partial charge in [-0.2, -0.15) is 5.10 Å². The van der Waals surface area contributed by atoms with E-state index >= 15 is 0 Å². The summed E-state index contributed by atoms with van der Waals surface area (Å²) in [5.74, 6) is -1.20. The number of hydrogen-bond donors (Lipinski definition) is 1. The molecular formula is C17H12ClN3O4. The Hall–Kier alpha value is -3.19. The number of carboxylic acid groups (broad SMARTS) is 1. The molecule has 0 radical (unpaired) electrons. The van der Waals surface area contributed by atoms with E-state index in [1.807, 2.05) is 0 Å². The SMILES string of the molecule is Cc1nn(-c2ccc(Cl)cc2)c(-c2ccccc2[N+](=O)[O-])c1C(=O)O. The van der Waals surface area contributed by atoms with E-state index in [1.165, 1.54) is 22.9 Å². The fourth-order valence-electron chi connectivity index (χ4n) is 2.63. The quantitative estimate of drug-likeness (QED) is 0.559. The van der Waals surface area contributed by atoms with Gasteiger partial charge in [-0.25, -0.2) is 9.48 Å². The van der Waals surface area contributed by atoms with Gasteiger partial charge in [0, 0.05) is 11.1 Å². The van der Waals surface area contributed by atoms with E-state index in [2.05, 4.69) is 5.10 Å². The van der Waals surface area contributed by atoms with Crippen LogP contribution in [-0.4, -0.2) is 25.8 Å². The summed E-state index contributed by atoms with van der Waals surface area (Å²) >= 11 is 5.90. The minimum absolute atomic E-state index is 0.0794. The number of aryl methyl sites for hydroxylation is 1. The van der Waals surface area contributed by atoms with Crippen molar-refractivity contribution >= 4 is 23.3 Å². The fourth-order valence-corrected chi connectivity index (χ4v) is 2.76. The van der Waals surface area contributed by atoms with Crippen molar-refractivity contribution < 1.29 is 14.8 Å². The van der Waals surface area contributed by atoms with Crippen LogP contribution in [0.1, 0.15) is 16.1 Å². The van der Waals surface area contributed by atoms with Crippen molar-refractivity contribution in [3.63, 3.8) is 0 Å². The number of benzene rings is 2. The smallest absolute Gasteiger partial charge is 0.339 e. The second-order valence-corrected chi connectivity index (χ2v) is 5.71. The van der Waals surface area contributed by atoms with E-state index in [0.29, 0.717) is 10.7 Å². The molecule has 0 fully saturated rings. The fraction of sp³-hybridized carbons (Fsp3) is 0.0588. The zero-order valence-corrected chi connectivity index (χ0v) is 13.8. The molecule has 0 atom stereocenters. The Kier molecular flexibility index (Phi) is 4.24. The molecule has 1 N–H and O–H groups in total. The molecule has 0 bridgehead atoms. The maximum atomic E-state index is 11.8. The predicted octanol–water partition coefficient (Wildman–Crippen LogP) is 4.11. The topological polar surface area (TPSA) is 98.3 Å². The van der Waals surface area contributed by atoms with Crippen LogP contribution in [0.4, 0.5) is 5.69 Å². The summed E-state index contributed by atoms with van der Waals surface area (Å²) in [6.07, 6.45) is 0. The minimum atomic E-state index is -1.20. The van der Waals surface area contributed by atoms with Crippen LogP contribution >= 0.6 is 11.6 Å². The first-order valence-corrected chi connectivity index (χ1v) is 7.60. The number of aromatic nitrogens is 2. The Morgan fingerprint density at radius 3 is 2.44 bits per heavy atom. The molecule has 0 saturated carbocycles. The van der Waals surface area contributed by atoms with E-state index in [-0.39, 0.29) is 28.2 Å². The highest BCUT2D eigenvalue weighted by Gasteiger charge is 2.27. The number of para-hydroxylation sites is 1. The number of carbonyl (C=O) groups is 1. The molecule has 0 unspecified atom stereocenters. The molecule has 3 rings (SSSR count). The molecule has 25 heavy (non-hydrogen) atoms. The van der Waals surface area contributed by atoms with Gasteiger partial charge in [-0.3, -0.25) is 10.1 Å². The standard InChI is InChI=1S/C17H12ClN3O4/c1-10-15(17(22)23)16(13-4-2-3-5-14(13)21(24)25)20(19-10)12-8-6-11(18)7-9-12/h2-9H,1H3,(H,22,23). The van der Waals surface area contributed by atoms with Gasteiger partial charge in [-0.15, -0.1) is 0 Å². The Morgan fingerprint density at radius 2 is 1.84 bits per heavy atom. The second-order valence-electron chi connectivity index (χ2n) is 5.28. The van der Waals surface area contributed by atoms with Crippen LogP contribution in [0.25, 0.3) is 16.9 Å². The van der Waals surface area contributed by atoms with Crippen LogP contribution in [0, 0.1) is 17.0 Å². The molecule has 0 aliphatic rings. The van der Waals surface area contributed by atoms with Gasteiger partial charge < -0.3 is 5.11 Å². The van der Waals surface area contributed by atoms with Gasteiger partial charge in [0.25, 0.3) is 5.69 Å². The maximum absolute atomic E-state index is 11.8. The third kappa shape index (κ3) is 2.97. The molecule has 0 aliphatic heterocycles. The van der Waals surface area contributed by atoms with Crippen LogP contribution in [-0.2, 0) is 0 Å². The number of rotatable bonds is 4. The van der Waals surface area contributed by atoms with Crippen LogP contribution < -0.4 is 0 Å². The van der Waals surface area contributed by atoms with Crippen molar-refractivity contribution in [3.05, 3.63) is 74.9 Å². The molecule has 7 nitrogen and oxygen atoms in total. The molecule has 126 valence electrons. The average molecular weight is 358 g/mol. The number of carboxylic acids is 1. The zero-order chi connectivity index (χ0) is 18.1. The lowest BCUT2D eigenvalue weighted by Crippen LogP contribution is -2.05. The third-order valence-electron chi connectivity index (χ3n) is 3.70. The van der Waals surface area contributed by atoms with Crippen LogP contribution in [0.5, 0.6) is 0 Å². The number of nitrogens with zero attached hydrogens (tertiary/aromatic N) is 3. The molecule has 1 heterocycles. The summed E-state index contributed by atoms with van der Waals surface area (Å²) in [4.78, 5) is 22.6. The molecule has 2 aromatic carbocycles. The van der Waals surface area contributed by atoms with E-state index in [9.17, 15) is 20.0 Å². The van der Waals surface area contributed by atoms with Crippen LogP contribution in [0.15, 0.2) is 48.5 Å². The van der Waals surface area contributed by atoms with Crippen LogP contribution in [0.3, 0.4) is 0 Å². The minimum Gasteiger partial charge on any atom is -0.478 e. The van der Waals surface area contributed by atoms with Crippen molar-refractivity contribution in [1.82, 2.24) is 9.78 Å². The average Bonchev–Trinajstić information content (AvgIpc) is 2.92. The van der Waals surface area contributed by atoms with Crippen molar-refractivity contribution in [3.8, 4) is 16.9 Å². The lowest BCUT2D eigenvalue weighted by Gasteiger charge is -2.09. The van der Waals surface area contributed by atoms with Gasteiger partial charge in [0.05, 0.1) is 27.6 Å². The highest BCUT2D eigenvalue weighted by Crippen LogP contribution is 2.35. The van der Waals surface area contributed by atoms with E-state index in [4.69, 9.17) is 11.6 Å². The summed E-state index contributed by atoms with van der Waals surface area (Å²) in [5.41, 5.74) is 0.869. The summed E-state index contributed by atoms with van der Waals surface area (Å²) in [5, 5.41) is 25.8. The van der Waals surface area contributed by atoms with Crippen molar-refractivity contribution in [2.24, 2.45) is 0 Å². The van der Waals surface area contributed by atoms with Crippen molar-refractivity contribution in [2.75, 3.05) is 0 Å². The van der Waals surface area contributed by atoms with Gasteiger partial charge in [-0.1, -0.05) is 23.7 Å². The molecule has 0 saturated heterocycles. The lowest BCUT2D eigenvalue weighted by atomic mass is 10.0. The molecule has 3 aromatic rings. The number of nitro benzene ring substituents is 1. The van der Waals surface area contributed by atoms with Crippen molar-refractivity contribution in [1.29, 1.82) is 0 Å². The van der Waals surface area contributed by atoms with E-state index in [1.54, 1.807) is 37.3 Å². The highest BCUT2D eigenvalue weighted by atomic mass is 35.5. The molecule has 1 aromatic heterocycles. The largest absolute Gasteiger partial charge is 0.478 e. The predicted molar refractivity (Wildman–Crippen MR) is 92.4 cm³/mol. The van der Waals surface area contributed by atoms with Gasteiger partial charge in [-0.05, 0) is 37.3 Å². The second kappa shape index (κ2) is 6.37. The first kappa shape index (κ1) is 16.7. The highest BCUT2D eigenvalue weighted by molar-refractivity contribution is 6.30. The Bertz CT molecular complexity index is 980. The molecule has 0 spiro atoms. The number of aromatic carboxylic acids is 1. The zero-order valence-electron chi connectivity index (χ0n) is 13.0. The molecular weight excluding hydrogens is 346 g/mol. The Labute approximate surface area is 147 Å².